The van der Waals surface area contributed by atoms with Crippen LogP contribution in [0.5, 0.6) is 11.5 Å². The fourth-order valence-electron chi connectivity index (χ4n) is 3.33. The van der Waals surface area contributed by atoms with Crippen LogP contribution in [0.4, 0.5) is 4.79 Å². The predicted octanol–water partition coefficient (Wildman–Crippen LogP) is 3.77. The van der Waals surface area contributed by atoms with Gasteiger partial charge in [-0.3, -0.25) is 0 Å². The van der Waals surface area contributed by atoms with E-state index in [0.29, 0.717) is 41.4 Å². The van der Waals surface area contributed by atoms with Crippen molar-refractivity contribution in [2.45, 2.75) is 32.9 Å². The molecule has 1 aliphatic rings. The van der Waals surface area contributed by atoms with Crippen LogP contribution in [0.25, 0.3) is 0 Å². The molecule has 0 saturated carbocycles. The van der Waals surface area contributed by atoms with E-state index in [9.17, 15) is 9.59 Å². The van der Waals surface area contributed by atoms with Crippen molar-refractivity contribution in [1.82, 2.24) is 10.6 Å². The molecule has 2 aromatic rings. The van der Waals surface area contributed by atoms with Gasteiger partial charge in [-0.2, -0.15) is 0 Å². The molecule has 2 amide bonds. The van der Waals surface area contributed by atoms with Gasteiger partial charge in [0, 0.05) is 5.70 Å². The quantitative estimate of drug-likeness (QED) is 0.679. The summed E-state index contributed by atoms with van der Waals surface area (Å²) in [7, 11) is 2.88. The van der Waals surface area contributed by atoms with Crippen LogP contribution in [0.2, 0.25) is 0 Å². The van der Waals surface area contributed by atoms with Crippen LogP contribution in [0.1, 0.15) is 36.1 Å². The Hall–Kier alpha value is -3.48. The second-order valence-corrected chi connectivity index (χ2v) is 6.95. The fourth-order valence-corrected chi connectivity index (χ4v) is 3.33. The van der Waals surface area contributed by atoms with Gasteiger partial charge in [0.15, 0.2) is 11.5 Å². The topological polar surface area (TPSA) is 85.9 Å². The molecule has 0 spiro atoms. The predicted molar refractivity (Wildman–Crippen MR) is 112 cm³/mol. The average molecular weight is 410 g/mol. The van der Waals surface area contributed by atoms with Crippen LogP contribution in [0.3, 0.4) is 0 Å². The van der Waals surface area contributed by atoms with Crippen LogP contribution in [0, 0.1) is 6.92 Å². The lowest BCUT2D eigenvalue weighted by Gasteiger charge is -2.29. The van der Waals surface area contributed by atoms with Gasteiger partial charge in [0.1, 0.15) is 6.61 Å². The van der Waals surface area contributed by atoms with E-state index in [1.54, 1.807) is 25.3 Å². The maximum Gasteiger partial charge on any atom is 0.337 e. The summed E-state index contributed by atoms with van der Waals surface area (Å²) in [5, 5.41) is 5.49. The number of methoxy groups -OCH3 is 2. The Balaban J connectivity index is 1.94. The van der Waals surface area contributed by atoms with Gasteiger partial charge in [0.2, 0.25) is 0 Å². The number of hydrogen-bond acceptors (Lipinski definition) is 5. The van der Waals surface area contributed by atoms with Gasteiger partial charge in [-0.1, -0.05) is 42.8 Å². The summed E-state index contributed by atoms with van der Waals surface area (Å²) in [6.45, 7) is 4.26. The number of hydrogen-bond donors (Lipinski definition) is 2. The third-order valence-corrected chi connectivity index (χ3v) is 4.95. The molecule has 158 valence electrons. The molecule has 7 nitrogen and oxygen atoms in total. The van der Waals surface area contributed by atoms with Crippen LogP contribution in [0.15, 0.2) is 53.7 Å². The molecule has 3 rings (SSSR count). The van der Waals surface area contributed by atoms with Crippen LogP contribution < -0.4 is 20.1 Å². The van der Waals surface area contributed by atoms with E-state index in [2.05, 4.69) is 10.6 Å². The molecule has 0 bridgehead atoms. The van der Waals surface area contributed by atoms with Crippen molar-refractivity contribution in [1.29, 1.82) is 0 Å². The molecule has 1 heterocycles. The normalized spacial score (nSPS) is 15.9. The average Bonchev–Trinajstić information content (AvgIpc) is 2.77. The maximum atomic E-state index is 12.4. The van der Waals surface area contributed by atoms with Crippen molar-refractivity contribution >= 4 is 12.0 Å². The molecule has 7 heteroatoms. The number of carbonyl (C=O) groups excluding carboxylic acids is 2. The Labute approximate surface area is 176 Å². The fraction of sp³-hybridized carbons (Fsp3) is 0.304. The Morgan fingerprint density at radius 3 is 2.43 bits per heavy atom. The summed E-state index contributed by atoms with van der Waals surface area (Å²) in [6.07, 6.45) is 0.487. The third-order valence-electron chi connectivity index (χ3n) is 4.95. The lowest BCUT2D eigenvalue weighted by atomic mass is 9.94. The molecule has 2 aromatic carbocycles. The number of aryl methyl sites for hydroxylation is 1. The second-order valence-electron chi connectivity index (χ2n) is 6.95. The van der Waals surface area contributed by atoms with Crippen LogP contribution in [-0.4, -0.2) is 26.2 Å². The first kappa shape index (κ1) is 21.2. The maximum absolute atomic E-state index is 12.4. The lowest BCUT2D eigenvalue weighted by Crippen LogP contribution is -2.45. The van der Waals surface area contributed by atoms with Gasteiger partial charge in [-0.15, -0.1) is 0 Å². The zero-order valence-corrected chi connectivity index (χ0v) is 17.6. The molecule has 0 aromatic heterocycles. The number of urea groups is 1. The molecule has 0 aliphatic carbocycles. The van der Waals surface area contributed by atoms with E-state index >= 15 is 0 Å². The summed E-state index contributed by atoms with van der Waals surface area (Å²) in [4.78, 5) is 24.6. The highest BCUT2D eigenvalue weighted by atomic mass is 16.5. The second kappa shape index (κ2) is 9.35. The van der Waals surface area contributed by atoms with Crippen molar-refractivity contribution in [2.24, 2.45) is 0 Å². The Kier molecular flexibility index (Phi) is 6.61. The molecule has 1 atom stereocenters. The first-order valence-corrected chi connectivity index (χ1v) is 9.72. The summed E-state index contributed by atoms with van der Waals surface area (Å²) < 4.78 is 16.4. The molecule has 0 saturated heterocycles. The number of rotatable bonds is 7. The minimum Gasteiger partial charge on any atom is -0.493 e. The summed E-state index contributed by atoms with van der Waals surface area (Å²) in [5.74, 6) is 0.582. The lowest BCUT2D eigenvalue weighted by molar-refractivity contribution is -0.136. The van der Waals surface area contributed by atoms with Gasteiger partial charge in [0.25, 0.3) is 0 Å². The van der Waals surface area contributed by atoms with E-state index in [0.717, 1.165) is 5.56 Å². The summed E-state index contributed by atoms with van der Waals surface area (Å²) in [5.41, 5.74) is 3.79. The molecule has 30 heavy (non-hydrogen) atoms. The largest absolute Gasteiger partial charge is 0.493 e. The molecular formula is C23H26N2O5. The van der Waals surface area contributed by atoms with Gasteiger partial charge >= 0.3 is 12.0 Å². The van der Waals surface area contributed by atoms with E-state index in [4.69, 9.17) is 14.2 Å². The van der Waals surface area contributed by atoms with Crippen molar-refractivity contribution < 1.29 is 23.8 Å². The Morgan fingerprint density at radius 2 is 1.80 bits per heavy atom. The van der Waals surface area contributed by atoms with E-state index in [1.165, 1.54) is 12.7 Å². The third kappa shape index (κ3) is 4.56. The number of benzene rings is 2. The molecule has 0 radical (unpaired) electrons. The molecule has 1 aliphatic heterocycles. The van der Waals surface area contributed by atoms with Crippen LogP contribution >= 0.6 is 0 Å². The van der Waals surface area contributed by atoms with E-state index < -0.39 is 12.0 Å². The van der Waals surface area contributed by atoms with Crippen molar-refractivity contribution in [2.75, 3.05) is 14.2 Å². The van der Waals surface area contributed by atoms with Gasteiger partial charge in [-0.05, 0) is 36.6 Å². The number of allylic oxidation sites excluding steroid dienone is 1. The smallest absolute Gasteiger partial charge is 0.337 e. The SMILES string of the molecule is CCC1=C(C(=O)OC)C(c2ccc(OC)c(OCc3ccc(C)cc3)c2)NC(=O)N1. The summed E-state index contributed by atoms with van der Waals surface area (Å²) in [6, 6.07) is 12.4. The highest BCUT2D eigenvalue weighted by Crippen LogP contribution is 2.35. The highest BCUT2D eigenvalue weighted by Gasteiger charge is 2.33. The van der Waals surface area contributed by atoms with E-state index in [-0.39, 0.29) is 6.03 Å². The Bertz CT molecular complexity index is 966. The molecular weight excluding hydrogens is 384 g/mol. The molecule has 1 unspecified atom stereocenters. The Morgan fingerprint density at radius 1 is 1.07 bits per heavy atom. The highest BCUT2D eigenvalue weighted by molar-refractivity contribution is 5.95. The first-order chi connectivity index (χ1) is 14.5. The monoisotopic (exact) mass is 410 g/mol. The number of nitrogens with one attached hydrogen (secondary N) is 2. The van der Waals surface area contributed by atoms with E-state index in [1.807, 2.05) is 38.1 Å². The minimum absolute atomic E-state index is 0.360. The van der Waals surface area contributed by atoms with Gasteiger partial charge in [-0.25, -0.2) is 9.59 Å². The molecule has 2 N–H and O–H groups in total. The number of carbonyl (C=O) groups is 2. The number of ether oxygens (including phenoxy) is 3. The standard InChI is InChI=1S/C23H26N2O5/c1-5-17-20(22(26)29-4)21(25-23(27)24-17)16-10-11-18(28-3)19(12-16)30-13-15-8-6-14(2)7-9-15/h6-12,21H,5,13H2,1-4H3,(H2,24,25,27). The zero-order valence-electron chi connectivity index (χ0n) is 17.6. The number of esters is 1. The minimum atomic E-state index is -0.659. The van der Waals surface area contributed by atoms with Gasteiger partial charge in [0.05, 0.1) is 25.8 Å². The summed E-state index contributed by atoms with van der Waals surface area (Å²) >= 11 is 0. The zero-order chi connectivity index (χ0) is 21.7. The number of amides is 2. The van der Waals surface area contributed by atoms with Gasteiger partial charge < -0.3 is 24.8 Å². The van der Waals surface area contributed by atoms with Crippen molar-refractivity contribution in [3.05, 3.63) is 70.4 Å². The van der Waals surface area contributed by atoms with Crippen molar-refractivity contribution in [3.63, 3.8) is 0 Å². The molecule has 0 fully saturated rings. The van der Waals surface area contributed by atoms with Crippen molar-refractivity contribution in [3.8, 4) is 11.5 Å². The first-order valence-electron chi connectivity index (χ1n) is 9.72. The van der Waals surface area contributed by atoms with Crippen LogP contribution in [-0.2, 0) is 16.1 Å².